The number of carbonyl (C=O) groups excluding carboxylic acids is 2. The van der Waals surface area contributed by atoms with Crippen LogP contribution in [0.4, 0.5) is 5.82 Å². The maximum Gasteiger partial charge on any atom is 0.256 e. The number of aromatic nitrogens is 1. The molecule has 1 unspecified atom stereocenters. The van der Waals surface area contributed by atoms with Gasteiger partial charge in [0.05, 0.1) is 6.04 Å². The van der Waals surface area contributed by atoms with E-state index in [4.69, 9.17) is 4.52 Å². The predicted octanol–water partition coefficient (Wildman–Crippen LogP) is 3.73. The zero-order valence-electron chi connectivity index (χ0n) is 14.5. The molecule has 26 heavy (non-hydrogen) atoms. The van der Waals surface area contributed by atoms with Crippen LogP contribution >= 0.6 is 0 Å². The molecule has 1 heterocycles. The molecule has 6 nitrogen and oxygen atoms in total. The third-order valence-corrected chi connectivity index (χ3v) is 3.93. The Hall–Kier alpha value is -3.41. The fraction of sp³-hybridized carbons (Fsp3) is 0.150. The first-order chi connectivity index (χ1) is 12.5. The molecule has 0 saturated heterocycles. The second-order valence-corrected chi connectivity index (χ2v) is 5.96. The molecule has 132 valence electrons. The first kappa shape index (κ1) is 17.4. The molecule has 0 aliphatic carbocycles. The van der Waals surface area contributed by atoms with Crippen molar-refractivity contribution in [3.63, 3.8) is 0 Å². The molecule has 3 aromatic rings. The molecule has 0 saturated carbocycles. The van der Waals surface area contributed by atoms with Crippen LogP contribution in [-0.4, -0.2) is 17.0 Å². The summed E-state index contributed by atoms with van der Waals surface area (Å²) in [7, 11) is 0. The topological polar surface area (TPSA) is 84.2 Å². The minimum Gasteiger partial charge on any atom is -0.360 e. The zero-order valence-corrected chi connectivity index (χ0v) is 14.5. The van der Waals surface area contributed by atoms with Crippen molar-refractivity contribution in [2.75, 3.05) is 5.32 Å². The normalized spacial score (nSPS) is 11.6. The minimum absolute atomic E-state index is 0.109. The number of aryl methyl sites for hydroxylation is 1. The van der Waals surface area contributed by atoms with Crippen LogP contribution in [0.25, 0.3) is 0 Å². The van der Waals surface area contributed by atoms with E-state index in [0.29, 0.717) is 22.7 Å². The number of hydrogen-bond acceptors (Lipinski definition) is 4. The van der Waals surface area contributed by atoms with Crippen molar-refractivity contribution < 1.29 is 14.1 Å². The fourth-order valence-corrected chi connectivity index (χ4v) is 2.49. The summed E-state index contributed by atoms with van der Waals surface area (Å²) in [6.45, 7) is 3.67. The molecule has 0 aliphatic heterocycles. The lowest BCUT2D eigenvalue weighted by Crippen LogP contribution is -2.26. The van der Waals surface area contributed by atoms with E-state index in [0.717, 1.165) is 5.56 Å². The summed E-state index contributed by atoms with van der Waals surface area (Å²) >= 11 is 0. The van der Waals surface area contributed by atoms with Crippen LogP contribution in [0.2, 0.25) is 0 Å². The van der Waals surface area contributed by atoms with E-state index in [1.807, 2.05) is 37.3 Å². The molecule has 2 aromatic carbocycles. The first-order valence-electron chi connectivity index (χ1n) is 8.23. The molecule has 1 atom stereocenters. The molecule has 0 radical (unpaired) electrons. The van der Waals surface area contributed by atoms with E-state index in [2.05, 4.69) is 15.8 Å². The molecule has 0 fully saturated rings. The standard InChI is InChI=1S/C20H19N3O3/c1-13-12-18(23-26-13)22-20(25)17-10-8-16(9-11-17)19(24)21-14(2)15-6-4-3-5-7-15/h3-12,14H,1-2H3,(H,21,24)(H,22,23,25). The van der Waals surface area contributed by atoms with Crippen LogP contribution in [0.15, 0.2) is 65.2 Å². The van der Waals surface area contributed by atoms with Gasteiger partial charge >= 0.3 is 0 Å². The Kier molecular flexibility index (Phi) is 5.12. The summed E-state index contributed by atoms with van der Waals surface area (Å²) in [6, 6.07) is 17.7. The third-order valence-electron chi connectivity index (χ3n) is 3.93. The summed E-state index contributed by atoms with van der Waals surface area (Å²) in [4.78, 5) is 24.5. The Bertz CT molecular complexity index is 902. The number of hydrogen-bond donors (Lipinski definition) is 2. The SMILES string of the molecule is Cc1cc(NC(=O)c2ccc(C(=O)NC(C)c3ccccc3)cc2)no1. The molecule has 3 rings (SSSR count). The van der Waals surface area contributed by atoms with E-state index in [1.54, 1.807) is 37.3 Å². The van der Waals surface area contributed by atoms with Crippen LogP contribution < -0.4 is 10.6 Å². The maximum atomic E-state index is 12.4. The Morgan fingerprint density at radius 1 is 0.962 bits per heavy atom. The Balaban J connectivity index is 1.63. The summed E-state index contributed by atoms with van der Waals surface area (Å²) in [6.07, 6.45) is 0. The van der Waals surface area contributed by atoms with Gasteiger partial charge in [0.2, 0.25) is 0 Å². The van der Waals surface area contributed by atoms with E-state index in [-0.39, 0.29) is 17.9 Å². The Labute approximate surface area is 151 Å². The highest BCUT2D eigenvalue weighted by atomic mass is 16.5. The second-order valence-electron chi connectivity index (χ2n) is 5.96. The van der Waals surface area contributed by atoms with Crippen molar-refractivity contribution in [3.8, 4) is 0 Å². The molecule has 0 aliphatic rings. The predicted molar refractivity (Wildman–Crippen MR) is 98.0 cm³/mol. The number of anilines is 1. The van der Waals surface area contributed by atoms with Gasteiger partial charge in [0, 0.05) is 17.2 Å². The van der Waals surface area contributed by atoms with Crippen LogP contribution in [0.5, 0.6) is 0 Å². The van der Waals surface area contributed by atoms with Gasteiger partial charge in [0.1, 0.15) is 5.76 Å². The fourth-order valence-electron chi connectivity index (χ4n) is 2.49. The van der Waals surface area contributed by atoms with Crippen molar-refractivity contribution >= 4 is 17.6 Å². The van der Waals surface area contributed by atoms with Crippen LogP contribution in [0.3, 0.4) is 0 Å². The molecule has 2 N–H and O–H groups in total. The minimum atomic E-state index is -0.317. The lowest BCUT2D eigenvalue weighted by Gasteiger charge is -2.14. The van der Waals surface area contributed by atoms with Gasteiger partial charge in [-0.15, -0.1) is 0 Å². The molecule has 0 spiro atoms. The number of carbonyl (C=O) groups is 2. The number of nitrogens with zero attached hydrogens (tertiary/aromatic N) is 1. The summed E-state index contributed by atoms with van der Waals surface area (Å²) in [5, 5.41) is 9.30. The largest absolute Gasteiger partial charge is 0.360 e. The molecule has 0 bridgehead atoms. The van der Waals surface area contributed by atoms with Gasteiger partial charge in [0.25, 0.3) is 11.8 Å². The number of nitrogens with one attached hydrogen (secondary N) is 2. The third kappa shape index (κ3) is 4.16. The quantitative estimate of drug-likeness (QED) is 0.735. The maximum absolute atomic E-state index is 12.4. The van der Waals surface area contributed by atoms with Crippen LogP contribution in [0.1, 0.15) is 45.0 Å². The number of rotatable bonds is 5. The first-order valence-corrected chi connectivity index (χ1v) is 8.23. The molecule has 1 aromatic heterocycles. The van der Waals surface area contributed by atoms with Gasteiger partial charge < -0.3 is 15.2 Å². The highest BCUT2D eigenvalue weighted by Crippen LogP contribution is 2.14. The lowest BCUT2D eigenvalue weighted by atomic mass is 10.1. The molecular weight excluding hydrogens is 330 g/mol. The van der Waals surface area contributed by atoms with Gasteiger partial charge in [-0.05, 0) is 43.7 Å². The number of benzene rings is 2. The summed E-state index contributed by atoms with van der Waals surface area (Å²) in [5.74, 6) is 0.453. The number of amides is 2. The molecule has 2 amide bonds. The average molecular weight is 349 g/mol. The molecule has 6 heteroatoms. The Morgan fingerprint density at radius 2 is 1.58 bits per heavy atom. The van der Waals surface area contributed by atoms with Crippen LogP contribution in [-0.2, 0) is 0 Å². The van der Waals surface area contributed by atoms with E-state index < -0.39 is 0 Å². The summed E-state index contributed by atoms with van der Waals surface area (Å²) < 4.78 is 4.91. The average Bonchev–Trinajstić information content (AvgIpc) is 3.07. The zero-order chi connectivity index (χ0) is 18.5. The van der Waals surface area contributed by atoms with Crippen LogP contribution in [0, 0.1) is 6.92 Å². The van der Waals surface area contributed by atoms with Crippen molar-refractivity contribution in [1.82, 2.24) is 10.5 Å². The van der Waals surface area contributed by atoms with Crippen molar-refractivity contribution in [2.24, 2.45) is 0 Å². The Morgan fingerprint density at radius 3 is 2.15 bits per heavy atom. The second kappa shape index (κ2) is 7.65. The van der Waals surface area contributed by atoms with Gasteiger partial charge in [-0.25, -0.2) is 0 Å². The lowest BCUT2D eigenvalue weighted by molar-refractivity contribution is 0.0938. The highest BCUT2D eigenvalue weighted by Gasteiger charge is 2.13. The van der Waals surface area contributed by atoms with Gasteiger partial charge in [0.15, 0.2) is 5.82 Å². The highest BCUT2D eigenvalue weighted by molar-refractivity contribution is 6.04. The smallest absolute Gasteiger partial charge is 0.256 e. The van der Waals surface area contributed by atoms with Crippen molar-refractivity contribution in [2.45, 2.75) is 19.9 Å². The van der Waals surface area contributed by atoms with Crippen molar-refractivity contribution in [3.05, 3.63) is 83.1 Å². The molecular formula is C20H19N3O3. The van der Waals surface area contributed by atoms with E-state index in [1.165, 1.54) is 0 Å². The van der Waals surface area contributed by atoms with E-state index >= 15 is 0 Å². The summed E-state index contributed by atoms with van der Waals surface area (Å²) in [5.41, 5.74) is 1.94. The van der Waals surface area contributed by atoms with E-state index in [9.17, 15) is 9.59 Å². The van der Waals surface area contributed by atoms with Gasteiger partial charge in [-0.2, -0.15) is 0 Å². The van der Waals surface area contributed by atoms with Gasteiger partial charge in [-0.3, -0.25) is 9.59 Å². The monoisotopic (exact) mass is 349 g/mol. The van der Waals surface area contributed by atoms with Crippen molar-refractivity contribution in [1.29, 1.82) is 0 Å². The van der Waals surface area contributed by atoms with Gasteiger partial charge in [-0.1, -0.05) is 35.5 Å².